The van der Waals surface area contributed by atoms with Crippen LogP contribution in [0, 0.1) is 0 Å². The van der Waals surface area contributed by atoms with E-state index in [1.165, 1.54) is 0 Å². The number of fused-ring (bicyclic) bond motifs is 1. The van der Waals surface area contributed by atoms with E-state index in [1.807, 2.05) is 24.3 Å². The Morgan fingerprint density at radius 3 is 2.81 bits per heavy atom. The largest absolute Gasteiger partial charge is 0.458 e. The van der Waals surface area contributed by atoms with Gasteiger partial charge in [-0.2, -0.15) is 0 Å². The molecule has 3 rings (SSSR count). The maximum atomic E-state index is 5.67. The summed E-state index contributed by atoms with van der Waals surface area (Å²) in [6.07, 6.45) is 3.23. The summed E-state index contributed by atoms with van der Waals surface area (Å²) in [7, 11) is 0. The van der Waals surface area contributed by atoms with Crippen molar-refractivity contribution < 1.29 is 8.83 Å². The van der Waals surface area contributed by atoms with E-state index in [1.54, 1.807) is 12.5 Å². The predicted octanol–water partition coefficient (Wildman–Crippen LogP) is 3.83. The van der Waals surface area contributed by atoms with E-state index in [9.17, 15) is 0 Å². The van der Waals surface area contributed by atoms with Gasteiger partial charge in [-0.1, -0.05) is 24.3 Å². The summed E-state index contributed by atoms with van der Waals surface area (Å²) in [5, 5.41) is 2.02. The first kappa shape index (κ1) is 9.48. The van der Waals surface area contributed by atoms with E-state index < -0.39 is 0 Å². The maximum Gasteiger partial charge on any atom is 0.263 e. The van der Waals surface area contributed by atoms with Crippen molar-refractivity contribution in [3.8, 4) is 11.7 Å². The summed E-state index contributed by atoms with van der Waals surface area (Å²) in [5.74, 6) is 1.45. The average Bonchev–Trinajstić information content (AvgIpc) is 2.94. The normalized spacial score (nSPS) is 11.1. The molecule has 0 bridgehead atoms. The number of nitrogens with zero attached hydrogens (tertiary/aromatic N) is 1. The molecule has 0 aliphatic heterocycles. The van der Waals surface area contributed by atoms with Gasteiger partial charge in [0, 0.05) is 10.8 Å². The molecule has 3 nitrogen and oxygen atoms in total. The molecular weight excluding hydrogens is 226 g/mol. The molecule has 0 saturated heterocycles. The van der Waals surface area contributed by atoms with Gasteiger partial charge in [-0.05, 0) is 0 Å². The fourth-order valence-electron chi connectivity index (χ4n) is 1.63. The quantitative estimate of drug-likeness (QED) is 0.632. The molecule has 4 heteroatoms. The zero-order chi connectivity index (χ0) is 11.0. The summed E-state index contributed by atoms with van der Waals surface area (Å²) in [6, 6.07) is 7.86. The van der Waals surface area contributed by atoms with Crippen molar-refractivity contribution in [2.24, 2.45) is 0 Å². The molecule has 0 saturated carbocycles. The highest BCUT2D eigenvalue weighted by molar-refractivity contribution is 6.16. The Balaban J connectivity index is 2.18. The molecule has 16 heavy (non-hydrogen) atoms. The van der Waals surface area contributed by atoms with Crippen molar-refractivity contribution >= 4 is 22.4 Å². The van der Waals surface area contributed by atoms with Gasteiger partial charge < -0.3 is 8.83 Å². The minimum Gasteiger partial charge on any atom is -0.458 e. The van der Waals surface area contributed by atoms with Crippen LogP contribution in [-0.4, -0.2) is 4.98 Å². The van der Waals surface area contributed by atoms with Gasteiger partial charge in [-0.25, -0.2) is 4.98 Å². The maximum absolute atomic E-state index is 5.67. The number of aromatic nitrogens is 1. The van der Waals surface area contributed by atoms with Crippen molar-refractivity contribution in [2.45, 2.75) is 5.88 Å². The first-order valence-electron chi connectivity index (χ1n) is 4.85. The molecule has 0 aliphatic rings. The fourth-order valence-corrected chi connectivity index (χ4v) is 1.75. The summed E-state index contributed by atoms with van der Waals surface area (Å²) in [5.41, 5.74) is 0.706. The van der Waals surface area contributed by atoms with Gasteiger partial charge in [0.2, 0.25) is 0 Å². The summed E-state index contributed by atoms with van der Waals surface area (Å²) >= 11 is 5.67. The van der Waals surface area contributed by atoms with E-state index >= 15 is 0 Å². The highest BCUT2D eigenvalue weighted by atomic mass is 35.5. The van der Waals surface area contributed by atoms with Gasteiger partial charge in [0.25, 0.3) is 5.89 Å². The van der Waals surface area contributed by atoms with Crippen LogP contribution in [0.1, 0.15) is 5.69 Å². The molecule has 2 heterocycles. The third-order valence-corrected chi connectivity index (χ3v) is 2.67. The van der Waals surface area contributed by atoms with Crippen LogP contribution >= 0.6 is 11.6 Å². The fraction of sp³-hybridized carbons (Fsp3) is 0.0833. The number of hydrogen-bond donors (Lipinski definition) is 0. The zero-order valence-corrected chi connectivity index (χ0v) is 9.07. The Morgan fingerprint density at radius 2 is 2.00 bits per heavy atom. The Kier molecular flexibility index (Phi) is 2.18. The zero-order valence-electron chi connectivity index (χ0n) is 8.31. The van der Waals surface area contributed by atoms with Gasteiger partial charge in [0.1, 0.15) is 6.26 Å². The van der Waals surface area contributed by atoms with Gasteiger partial charge in [-0.15, -0.1) is 11.6 Å². The summed E-state index contributed by atoms with van der Waals surface area (Å²) < 4.78 is 10.8. The molecule has 0 atom stereocenters. The predicted molar refractivity (Wildman–Crippen MR) is 61.3 cm³/mol. The minimum atomic E-state index is 0.335. The highest BCUT2D eigenvalue weighted by Crippen LogP contribution is 2.29. The molecule has 80 valence electrons. The van der Waals surface area contributed by atoms with E-state index in [0.717, 1.165) is 10.8 Å². The third-order valence-electron chi connectivity index (χ3n) is 2.39. The first-order valence-corrected chi connectivity index (χ1v) is 5.39. The molecule has 0 N–H and O–H groups in total. The second-order valence-corrected chi connectivity index (χ2v) is 3.70. The van der Waals surface area contributed by atoms with Crippen molar-refractivity contribution in [1.29, 1.82) is 0 Å². The smallest absolute Gasteiger partial charge is 0.263 e. The van der Waals surface area contributed by atoms with Gasteiger partial charge in [0.15, 0.2) is 5.76 Å². The van der Waals surface area contributed by atoms with Crippen LogP contribution in [0.15, 0.2) is 45.6 Å². The molecule has 0 unspecified atom stereocenters. The first-order chi connectivity index (χ1) is 7.88. The Hall–Kier alpha value is -1.74. The number of rotatable bonds is 2. The lowest BCUT2D eigenvalue weighted by Crippen LogP contribution is -1.78. The second-order valence-electron chi connectivity index (χ2n) is 3.43. The van der Waals surface area contributed by atoms with Crippen molar-refractivity contribution in [3.05, 3.63) is 42.5 Å². The standard InChI is InChI=1S/C12H8ClNO2/c13-5-9-7-16-12(14-9)11-10-4-2-1-3-8(10)6-15-11/h1-4,6-7H,5H2. The van der Waals surface area contributed by atoms with Crippen LogP contribution in [-0.2, 0) is 5.88 Å². The summed E-state index contributed by atoms with van der Waals surface area (Å²) in [4.78, 5) is 4.23. The topological polar surface area (TPSA) is 39.2 Å². The molecule has 0 amide bonds. The Bertz CT molecular complexity index is 627. The minimum absolute atomic E-state index is 0.335. The van der Waals surface area contributed by atoms with E-state index in [-0.39, 0.29) is 0 Å². The van der Waals surface area contributed by atoms with E-state index in [4.69, 9.17) is 20.4 Å². The molecule has 0 aliphatic carbocycles. The van der Waals surface area contributed by atoms with Crippen LogP contribution in [0.3, 0.4) is 0 Å². The van der Waals surface area contributed by atoms with Crippen LogP contribution in [0.4, 0.5) is 0 Å². The molecule has 1 aromatic carbocycles. The lowest BCUT2D eigenvalue weighted by molar-refractivity contribution is 0.520. The number of furan rings is 1. The highest BCUT2D eigenvalue weighted by Gasteiger charge is 2.13. The molecular formula is C12H8ClNO2. The molecule has 0 radical (unpaired) electrons. The monoisotopic (exact) mass is 233 g/mol. The SMILES string of the molecule is ClCc1coc(-c2occ3ccccc23)n1. The lowest BCUT2D eigenvalue weighted by atomic mass is 10.2. The van der Waals surface area contributed by atoms with Crippen LogP contribution in [0.2, 0.25) is 0 Å². The number of oxazole rings is 1. The number of alkyl halides is 1. The van der Waals surface area contributed by atoms with E-state index in [2.05, 4.69) is 4.98 Å². The Morgan fingerprint density at radius 1 is 1.12 bits per heavy atom. The summed E-state index contributed by atoms with van der Waals surface area (Å²) in [6.45, 7) is 0. The van der Waals surface area contributed by atoms with Crippen LogP contribution in [0.5, 0.6) is 0 Å². The van der Waals surface area contributed by atoms with Crippen LogP contribution < -0.4 is 0 Å². The van der Waals surface area contributed by atoms with Crippen molar-refractivity contribution in [3.63, 3.8) is 0 Å². The van der Waals surface area contributed by atoms with Crippen molar-refractivity contribution in [1.82, 2.24) is 4.98 Å². The number of hydrogen-bond acceptors (Lipinski definition) is 3. The average molecular weight is 234 g/mol. The van der Waals surface area contributed by atoms with Gasteiger partial charge >= 0.3 is 0 Å². The van der Waals surface area contributed by atoms with E-state index in [0.29, 0.717) is 23.2 Å². The van der Waals surface area contributed by atoms with Gasteiger partial charge in [-0.3, -0.25) is 0 Å². The molecule has 2 aromatic heterocycles. The molecule has 0 fully saturated rings. The van der Waals surface area contributed by atoms with Crippen LogP contribution in [0.25, 0.3) is 22.4 Å². The number of halogens is 1. The third kappa shape index (κ3) is 1.41. The molecule has 3 aromatic rings. The second kappa shape index (κ2) is 3.68. The molecule has 0 spiro atoms. The van der Waals surface area contributed by atoms with Gasteiger partial charge in [0.05, 0.1) is 17.8 Å². The Labute approximate surface area is 96.6 Å². The van der Waals surface area contributed by atoms with Crippen molar-refractivity contribution in [2.75, 3.05) is 0 Å². The number of benzene rings is 1. The lowest BCUT2D eigenvalue weighted by Gasteiger charge is -1.90.